The van der Waals surface area contributed by atoms with Crippen LogP contribution >= 0.6 is 0 Å². The van der Waals surface area contributed by atoms with E-state index < -0.39 is 12.1 Å². The van der Waals surface area contributed by atoms with Gasteiger partial charge in [0.05, 0.1) is 0 Å². The number of aliphatic carboxylic acids is 1. The van der Waals surface area contributed by atoms with Crippen LogP contribution in [0.4, 0.5) is 0 Å². The molecular formula is C7H12O4. The third-order valence-corrected chi connectivity index (χ3v) is 1.29. The van der Waals surface area contributed by atoms with Gasteiger partial charge in [-0.2, -0.15) is 0 Å². The summed E-state index contributed by atoms with van der Waals surface area (Å²) in [4.78, 5) is 20.4. The molecule has 0 aliphatic rings. The number of carboxylic acids is 1. The van der Waals surface area contributed by atoms with Crippen molar-refractivity contribution in [1.82, 2.24) is 0 Å². The smallest absolute Gasteiger partial charge is 0.332 e. The van der Waals surface area contributed by atoms with E-state index in [1.165, 1.54) is 6.92 Å². The predicted molar refractivity (Wildman–Crippen MR) is 38.2 cm³/mol. The summed E-state index contributed by atoms with van der Waals surface area (Å²) in [6, 6.07) is 0. The molecule has 0 amide bonds. The first-order valence-corrected chi connectivity index (χ1v) is 3.44. The number of ketones is 1. The molecule has 2 N–H and O–H groups in total. The third-order valence-electron chi connectivity index (χ3n) is 1.29. The Bertz CT molecular complexity index is 153. The van der Waals surface area contributed by atoms with E-state index in [0.717, 1.165) is 0 Å². The Morgan fingerprint density at radius 1 is 1.45 bits per heavy atom. The first-order valence-electron chi connectivity index (χ1n) is 3.44. The summed E-state index contributed by atoms with van der Waals surface area (Å²) in [5.41, 5.74) is 0. The number of carbonyl (C=O) groups excluding carboxylic acids is 1. The Morgan fingerprint density at radius 2 is 2.00 bits per heavy atom. The summed E-state index contributed by atoms with van der Waals surface area (Å²) in [6.45, 7) is 1.44. The SMILES string of the molecule is CC(=O)CCCC(O)C(=O)O. The van der Waals surface area contributed by atoms with Crippen molar-refractivity contribution in [2.75, 3.05) is 0 Å². The standard InChI is InChI=1S/C7H12O4/c1-5(8)3-2-4-6(9)7(10)11/h6,9H,2-4H2,1H3,(H,10,11). The highest BCUT2D eigenvalue weighted by atomic mass is 16.4. The van der Waals surface area contributed by atoms with Gasteiger partial charge >= 0.3 is 5.97 Å². The topological polar surface area (TPSA) is 74.6 Å². The highest BCUT2D eigenvalue weighted by Crippen LogP contribution is 2.01. The molecule has 4 heteroatoms. The van der Waals surface area contributed by atoms with Gasteiger partial charge in [-0.05, 0) is 19.8 Å². The molecule has 0 aromatic heterocycles. The molecule has 0 spiro atoms. The van der Waals surface area contributed by atoms with E-state index in [1.807, 2.05) is 0 Å². The summed E-state index contributed by atoms with van der Waals surface area (Å²) >= 11 is 0. The molecule has 0 fully saturated rings. The van der Waals surface area contributed by atoms with E-state index >= 15 is 0 Å². The number of hydrogen-bond acceptors (Lipinski definition) is 3. The van der Waals surface area contributed by atoms with Crippen molar-refractivity contribution in [3.63, 3.8) is 0 Å². The van der Waals surface area contributed by atoms with Crippen LogP contribution in [-0.4, -0.2) is 28.1 Å². The van der Waals surface area contributed by atoms with Crippen molar-refractivity contribution in [3.8, 4) is 0 Å². The van der Waals surface area contributed by atoms with Gasteiger partial charge in [-0.1, -0.05) is 0 Å². The zero-order chi connectivity index (χ0) is 8.85. The number of hydrogen-bond donors (Lipinski definition) is 2. The molecule has 0 radical (unpaired) electrons. The maximum Gasteiger partial charge on any atom is 0.332 e. The molecule has 64 valence electrons. The number of carbonyl (C=O) groups is 2. The van der Waals surface area contributed by atoms with Crippen LogP contribution in [0.1, 0.15) is 26.2 Å². The molecule has 11 heavy (non-hydrogen) atoms. The average Bonchev–Trinajstić information content (AvgIpc) is 1.86. The highest BCUT2D eigenvalue weighted by molar-refractivity contribution is 5.75. The Balaban J connectivity index is 3.39. The zero-order valence-corrected chi connectivity index (χ0v) is 6.41. The fourth-order valence-corrected chi connectivity index (χ4v) is 0.668. The minimum atomic E-state index is -1.32. The molecule has 4 nitrogen and oxygen atoms in total. The van der Waals surface area contributed by atoms with Crippen LogP contribution < -0.4 is 0 Å². The van der Waals surface area contributed by atoms with Gasteiger partial charge < -0.3 is 15.0 Å². The Hall–Kier alpha value is -0.900. The number of aliphatic hydroxyl groups excluding tert-OH is 1. The van der Waals surface area contributed by atoms with Crippen LogP contribution in [-0.2, 0) is 9.59 Å². The molecule has 0 heterocycles. The second-order valence-corrected chi connectivity index (χ2v) is 2.45. The summed E-state index contributed by atoms with van der Waals surface area (Å²) in [5.74, 6) is -1.21. The second kappa shape index (κ2) is 4.85. The molecule has 1 atom stereocenters. The minimum Gasteiger partial charge on any atom is -0.479 e. The molecule has 0 rings (SSSR count). The lowest BCUT2D eigenvalue weighted by molar-refractivity contribution is -0.147. The first kappa shape index (κ1) is 10.1. The average molecular weight is 160 g/mol. The van der Waals surface area contributed by atoms with Gasteiger partial charge in [0, 0.05) is 6.42 Å². The van der Waals surface area contributed by atoms with E-state index in [0.29, 0.717) is 12.8 Å². The summed E-state index contributed by atoms with van der Waals surface area (Å²) in [7, 11) is 0. The van der Waals surface area contributed by atoms with E-state index in [9.17, 15) is 9.59 Å². The minimum absolute atomic E-state index is 0.0163. The van der Waals surface area contributed by atoms with Gasteiger partial charge in [-0.3, -0.25) is 0 Å². The van der Waals surface area contributed by atoms with Crippen molar-refractivity contribution in [1.29, 1.82) is 0 Å². The third kappa shape index (κ3) is 5.54. The second-order valence-electron chi connectivity index (χ2n) is 2.45. The summed E-state index contributed by atoms with van der Waals surface area (Å²) < 4.78 is 0. The van der Waals surface area contributed by atoms with Crippen LogP contribution in [0.25, 0.3) is 0 Å². The van der Waals surface area contributed by atoms with Gasteiger partial charge in [0.25, 0.3) is 0 Å². The lowest BCUT2D eigenvalue weighted by Crippen LogP contribution is -2.19. The van der Waals surface area contributed by atoms with Crippen molar-refractivity contribution in [2.45, 2.75) is 32.3 Å². The molecule has 0 bridgehead atoms. The molecule has 0 aromatic carbocycles. The predicted octanol–water partition coefficient (Wildman–Crippen LogP) is 0.191. The molecule has 0 aliphatic heterocycles. The zero-order valence-electron chi connectivity index (χ0n) is 6.41. The summed E-state index contributed by atoms with van der Waals surface area (Å²) in [5, 5.41) is 16.9. The van der Waals surface area contributed by atoms with E-state index in [1.54, 1.807) is 0 Å². The number of rotatable bonds is 5. The largest absolute Gasteiger partial charge is 0.479 e. The van der Waals surface area contributed by atoms with Crippen molar-refractivity contribution < 1.29 is 19.8 Å². The molecule has 0 aromatic rings. The van der Waals surface area contributed by atoms with Crippen molar-refractivity contribution in [3.05, 3.63) is 0 Å². The van der Waals surface area contributed by atoms with E-state index in [4.69, 9.17) is 10.2 Å². The Morgan fingerprint density at radius 3 is 2.36 bits per heavy atom. The maximum atomic E-state index is 10.4. The highest BCUT2D eigenvalue weighted by Gasteiger charge is 2.11. The Kier molecular flexibility index (Phi) is 4.45. The van der Waals surface area contributed by atoms with Gasteiger partial charge in [0.15, 0.2) is 6.10 Å². The molecule has 0 saturated heterocycles. The lowest BCUT2D eigenvalue weighted by atomic mass is 10.1. The van der Waals surface area contributed by atoms with Gasteiger partial charge in [0.1, 0.15) is 5.78 Å². The fraction of sp³-hybridized carbons (Fsp3) is 0.714. The lowest BCUT2D eigenvalue weighted by Gasteiger charge is -2.02. The molecular weight excluding hydrogens is 148 g/mol. The van der Waals surface area contributed by atoms with Gasteiger partial charge in [-0.15, -0.1) is 0 Å². The van der Waals surface area contributed by atoms with Crippen LogP contribution in [0.2, 0.25) is 0 Å². The quantitative estimate of drug-likeness (QED) is 0.602. The Labute approximate surface area is 64.8 Å². The van der Waals surface area contributed by atoms with E-state index in [2.05, 4.69) is 0 Å². The van der Waals surface area contributed by atoms with Crippen LogP contribution in [0.5, 0.6) is 0 Å². The van der Waals surface area contributed by atoms with Crippen molar-refractivity contribution >= 4 is 11.8 Å². The van der Waals surface area contributed by atoms with Gasteiger partial charge in [-0.25, -0.2) is 4.79 Å². The van der Waals surface area contributed by atoms with Crippen LogP contribution in [0, 0.1) is 0 Å². The fourth-order valence-electron chi connectivity index (χ4n) is 0.668. The number of Topliss-reactive ketones (excluding diaryl/α,β-unsaturated/α-hetero) is 1. The normalized spacial score (nSPS) is 12.5. The molecule has 1 unspecified atom stereocenters. The first-order chi connectivity index (χ1) is 5.04. The molecule has 0 aliphatic carbocycles. The van der Waals surface area contributed by atoms with Crippen molar-refractivity contribution in [2.24, 2.45) is 0 Å². The molecule has 0 saturated carbocycles. The van der Waals surface area contributed by atoms with Gasteiger partial charge in [0.2, 0.25) is 0 Å². The van der Waals surface area contributed by atoms with Crippen LogP contribution in [0.15, 0.2) is 0 Å². The van der Waals surface area contributed by atoms with E-state index in [-0.39, 0.29) is 12.2 Å². The number of carboxylic acid groups (broad SMARTS) is 1. The van der Waals surface area contributed by atoms with Crippen LogP contribution in [0.3, 0.4) is 0 Å². The monoisotopic (exact) mass is 160 g/mol. The summed E-state index contributed by atoms with van der Waals surface area (Å²) in [6.07, 6.45) is -0.406. The number of aliphatic hydroxyl groups is 1. The maximum absolute atomic E-state index is 10.4.